The smallest absolute Gasteiger partial charge is 0.0609 e. The molecule has 6 heteroatoms. The zero-order valence-corrected chi connectivity index (χ0v) is 24.9. The van der Waals surface area contributed by atoms with E-state index in [0.29, 0.717) is 0 Å². The summed E-state index contributed by atoms with van der Waals surface area (Å²) in [4.78, 5) is 9.00. The van der Waals surface area contributed by atoms with Gasteiger partial charge in [0, 0.05) is 12.4 Å². The van der Waals surface area contributed by atoms with Crippen LogP contribution in [0.5, 0.6) is 0 Å². The summed E-state index contributed by atoms with van der Waals surface area (Å²) in [5.41, 5.74) is 7.09. The van der Waals surface area contributed by atoms with Crippen molar-refractivity contribution in [3.63, 3.8) is 0 Å². The third-order valence-corrected chi connectivity index (χ3v) is 4.70. The quantitative estimate of drug-likeness (QED) is 0.233. The fraction of sp³-hybridized carbons (Fsp3) is 0.143. The van der Waals surface area contributed by atoms with Crippen LogP contribution in [0.2, 0.25) is 13.1 Å². The normalized spacial score (nSPS) is 9.47. The molecule has 0 N–H and O–H groups in total. The van der Waals surface area contributed by atoms with E-state index in [4.69, 9.17) is 0 Å². The molecule has 174 valence electrons. The average molecular weight is 583 g/mol. The molecule has 0 fully saturated rings. The van der Waals surface area contributed by atoms with Gasteiger partial charge in [0.1, 0.15) is 0 Å². The minimum absolute atomic E-state index is 0. The number of hydrogen-bond acceptors (Lipinski definition) is 2. The molecule has 0 aliphatic rings. The number of nitrogens with zero attached hydrogens (tertiary/aromatic N) is 2. The Morgan fingerprint density at radius 3 is 1.85 bits per heavy atom. The van der Waals surface area contributed by atoms with Gasteiger partial charge < -0.3 is 24.8 Å². The fourth-order valence-electron chi connectivity index (χ4n) is 3.36. The average Bonchev–Trinajstić information content (AvgIpc) is 3.42. The summed E-state index contributed by atoms with van der Waals surface area (Å²) in [7, 11) is 0. The molecule has 0 saturated carbocycles. The molecule has 0 aliphatic heterocycles. The van der Waals surface area contributed by atoms with Crippen LogP contribution < -0.4 is 24.8 Å². The topological polar surface area (TPSA) is 25.8 Å². The van der Waals surface area contributed by atoms with Crippen molar-refractivity contribution in [3.05, 3.63) is 108 Å². The van der Waals surface area contributed by atoms with Crippen LogP contribution in [0.4, 0.5) is 0 Å². The standard InChI is InChI=1S/C20H15N2.C6H7.C2H6Si.2ClH.Zr/c1-14-10-15-12-16(19-6-2-4-8-21-19)13-18(17(15)11-14)20-7-3-5-9-22-20;1-6-4-2-3-5-6;1-3-2;;;/h2-13H,1H3;2-5H,1H3;1-2H3;2*1H;/q2*-1;;;;+2/p-2. The maximum atomic E-state index is 4.52. The van der Waals surface area contributed by atoms with Crippen molar-refractivity contribution in [2.24, 2.45) is 0 Å². The first-order valence-electron chi connectivity index (χ1n) is 10.7. The van der Waals surface area contributed by atoms with Crippen molar-refractivity contribution in [1.82, 2.24) is 9.97 Å². The molecule has 0 atom stereocenters. The van der Waals surface area contributed by atoms with Crippen molar-refractivity contribution >= 4 is 16.2 Å². The van der Waals surface area contributed by atoms with Gasteiger partial charge in [0.2, 0.25) is 0 Å². The Morgan fingerprint density at radius 2 is 1.38 bits per heavy atom. The Bertz CT molecular complexity index is 1260. The number of fused-ring (bicyclic) bond motifs is 1. The molecule has 2 heterocycles. The van der Waals surface area contributed by atoms with Gasteiger partial charge in [-0.2, -0.15) is 23.8 Å². The molecule has 5 aromatic rings. The Labute approximate surface area is 230 Å². The van der Waals surface area contributed by atoms with Crippen LogP contribution in [-0.4, -0.2) is 15.4 Å². The molecule has 34 heavy (non-hydrogen) atoms. The van der Waals surface area contributed by atoms with Gasteiger partial charge in [-0.05, 0) is 35.4 Å². The van der Waals surface area contributed by atoms with Gasteiger partial charge in [0.25, 0.3) is 0 Å². The Morgan fingerprint density at radius 1 is 0.824 bits per heavy atom. The van der Waals surface area contributed by atoms with E-state index in [-0.39, 0.29) is 30.2 Å². The van der Waals surface area contributed by atoms with Crippen LogP contribution in [-0.2, 0) is 23.3 Å². The molecule has 0 spiro atoms. The van der Waals surface area contributed by atoms with Crippen molar-refractivity contribution in [2.45, 2.75) is 26.9 Å². The summed E-state index contributed by atoms with van der Waals surface area (Å²) in [6.07, 6.45) is 3.67. The van der Waals surface area contributed by atoms with E-state index in [9.17, 15) is 0 Å². The van der Waals surface area contributed by atoms with Gasteiger partial charge >= 0.3 is 41.9 Å². The minimum Gasteiger partial charge on any atom is -1.00 e. The number of hydrogen-bond donors (Lipinski definition) is 0. The number of benzene rings is 1. The second-order valence-corrected chi connectivity index (χ2v) is 17.3. The summed E-state index contributed by atoms with van der Waals surface area (Å²) in [6.45, 7) is 8.83. The largest absolute Gasteiger partial charge is 1.00 e. The van der Waals surface area contributed by atoms with Gasteiger partial charge in [0.05, 0.1) is 11.4 Å². The first kappa shape index (κ1) is 30.2. The molecule has 0 amide bonds. The molecule has 2 nitrogen and oxygen atoms in total. The maximum absolute atomic E-state index is 4.52. The molecule has 2 aromatic heterocycles. The summed E-state index contributed by atoms with van der Waals surface area (Å²) in [5, 5.41) is 2.48. The van der Waals surface area contributed by atoms with Crippen molar-refractivity contribution in [2.75, 3.05) is 0 Å². The van der Waals surface area contributed by atoms with Crippen LogP contribution in [0.1, 0.15) is 11.1 Å². The van der Waals surface area contributed by atoms with E-state index in [1.807, 2.05) is 54.9 Å². The van der Waals surface area contributed by atoms with Gasteiger partial charge in [-0.1, -0.05) is 32.0 Å². The molecule has 0 aliphatic carbocycles. The van der Waals surface area contributed by atoms with Crippen molar-refractivity contribution in [3.8, 4) is 22.5 Å². The predicted octanol–water partition coefficient (Wildman–Crippen LogP) is 1.50. The SMILES string of the molecule is C[Si](C)=[Zr+2].C[c-]1cccc1.Cc1cc2c(-c3ccccn3)cc(-c3ccccn3)cc2[cH-]1.[Cl-].[Cl-]. The molecule has 0 radical (unpaired) electrons. The second-order valence-electron chi connectivity index (χ2n) is 7.95. The summed E-state index contributed by atoms with van der Waals surface area (Å²) in [6, 6.07) is 29.1. The van der Waals surface area contributed by atoms with Crippen molar-refractivity contribution in [1.29, 1.82) is 0 Å². The van der Waals surface area contributed by atoms with Crippen LogP contribution in [0, 0.1) is 13.8 Å². The minimum atomic E-state index is 0. The van der Waals surface area contributed by atoms with E-state index in [1.165, 1.54) is 21.9 Å². The molecule has 0 unspecified atom stereocenters. The van der Waals surface area contributed by atoms with E-state index >= 15 is 0 Å². The Hall–Kier alpha value is -1.84. The Balaban J connectivity index is 0.000000408. The van der Waals surface area contributed by atoms with Crippen LogP contribution in [0.25, 0.3) is 33.3 Å². The van der Waals surface area contributed by atoms with Crippen LogP contribution in [0.15, 0.2) is 97.3 Å². The number of aryl methyl sites for hydroxylation is 2. The predicted molar refractivity (Wildman–Crippen MR) is 135 cm³/mol. The van der Waals surface area contributed by atoms with Crippen LogP contribution >= 0.6 is 0 Å². The van der Waals surface area contributed by atoms with Crippen molar-refractivity contribution < 1.29 is 48.1 Å². The van der Waals surface area contributed by atoms with Gasteiger partial charge in [-0.15, -0.1) is 28.5 Å². The first-order chi connectivity index (χ1) is 15.4. The van der Waals surface area contributed by atoms with Crippen LogP contribution in [0.3, 0.4) is 0 Å². The number of aromatic nitrogens is 2. The maximum Gasteiger partial charge on any atom is 0.0609 e. The number of rotatable bonds is 2. The molecule has 5 rings (SSSR count). The van der Waals surface area contributed by atoms with E-state index in [2.05, 4.69) is 79.4 Å². The first-order valence-corrected chi connectivity index (χ1v) is 16.9. The third kappa shape index (κ3) is 9.07. The summed E-state index contributed by atoms with van der Waals surface area (Å²) in [5.74, 6) is 0. The summed E-state index contributed by atoms with van der Waals surface area (Å²) < 4.78 is 0. The second kappa shape index (κ2) is 15.2. The molecule has 3 aromatic carbocycles. The van der Waals surface area contributed by atoms with Gasteiger partial charge in [-0.3, -0.25) is 9.97 Å². The zero-order valence-electron chi connectivity index (χ0n) is 19.9. The summed E-state index contributed by atoms with van der Waals surface area (Å²) >= 11 is 1.74. The molecular weight excluding hydrogens is 555 g/mol. The molecular formula is C28H28Cl2N2SiZr-2. The third-order valence-electron chi connectivity index (χ3n) is 4.70. The number of pyridine rings is 2. The zero-order chi connectivity index (χ0) is 22.9. The number of halogens is 2. The van der Waals surface area contributed by atoms with E-state index in [0.717, 1.165) is 22.5 Å². The fourth-order valence-corrected chi connectivity index (χ4v) is 3.36. The Kier molecular flexibility index (Phi) is 13.5. The molecule has 0 bridgehead atoms. The molecule has 0 saturated heterocycles. The van der Waals surface area contributed by atoms with E-state index in [1.54, 1.807) is 23.3 Å². The monoisotopic (exact) mass is 580 g/mol. The van der Waals surface area contributed by atoms with Gasteiger partial charge in [0.15, 0.2) is 0 Å². The van der Waals surface area contributed by atoms with E-state index < -0.39 is 0 Å². The van der Waals surface area contributed by atoms with Gasteiger partial charge in [-0.25, -0.2) is 12.1 Å².